The molecule has 0 aromatic carbocycles. The normalized spacial score (nSPS) is 30.7. The minimum absolute atomic E-state index is 0.368. The predicted molar refractivity (Wildman–Crippen MR) is 62.2 cm³/mol. The highest BCUT2D eigenvalue weighted by Gasteiger charge is 2.30. The van der Waals surface area contributed by atoms with Gasteiger partial charge in [-0.25, -0.2) is 0 Å². The number of nitrogen functional groups attached to an aromatic ring is 1. The molecular formula is C12H19N3. The van der Waals surface area contributed by atoms with Gasteiger partial charge < -0.3 is 11.5 Å². The lowest BCUT2D eigenvalue weighted by Gasteiger charge is -2.18. The molecule has 2 rings (SSSR count). The van der Waals surface area contributed by atoms with Crippen LogP contribution in [-0.4, -0.2) is 11.0 Å². The summed E-state index contributed by atoms with van der Waals surface area (Å²) >= 11 is 0. The average Bonchev–Trinajstić information content (AvgIpc) is 2.53. The standard InChI is InChI=1S/C12H19N3/c1-8-9(2-3-11(8)13)6-10-7-15-5-4-12(10)14/h4-5,7-9,11H,2-3,6,13H2,1H3,(H2,14,15). The van der Waals surface area contributed by atoms with E-state index in [2.05, 4.69) is 11.9 Å². The number of pyridine rings is 1. The van der Waals surface area contributed by atoms with Gasteiger partial charge in [0.05, 0.1) is 0 Å². The van der Waals surface area contributed by atoms with Crippen molar-refractivity contribution in [3.05, 3.63) is 24.0 Å². The molecular weight excluding hydrogens is 186 g/mol. The maximum atomic E-state index is 6.01. The molecule has 0 bridgehead atoms. The van der Waals surface area contributed by atoms with Crippen molar-refractivity contribution < 1.29 is 0 Å². The van der Waals surface area contributed by atoms with E-state index < -0.39 is 0 Å². The Balaban J connectivity index is 2.07. The fourth-order valence-electron chi connectivity index (χ4n) is 2.46. The summed E-state index contributed by atoms with van der Waals surface area (Å²) in [6, 6.07) is 2.24. The molecule has 82 valence electrons. The number of hydrogen-bond donors (Lipinski definition) is 2. The van der Waals surface area contributed by atoms with Crippen molar-refractivity contribution in [1.29, 1.82) is 0 Å². The van der Waals surface area contributed by atoms with Gasteiger partial charge in [-0.15, -0.1) is 0 Å². The SMILES string of the molecule is CC1C(N)CCC1Cc1cnccc1N. The molecule has 0 amide bonds. The second kappa shape index (κ2) is 4.19. The molecule has 0 aliphatic heterocycles. The predicted octanol–water partition coefficient (Wildman–Crippen LogP) is 1.58. The lowest BCUT2D eigenvalue weighted by atomic mass is 9.90. The van der Waals surface area contributed by atoms with Crippen molar-refractivity contribution in [3.63, 3.8) is 0 Å². The first-order chi connectivity index (χ1) is 7.18. The first-order valence-electron chi connectivity index (χ1n) is 5.62. The molecule has 15 heavy (non-hydrogen) atoms. The number of rotatable bonds is 2. The monoisotopic (exact) mass is 205 g/mol. The smallest absolute Gasteiger partial charge is 0.0377 e. The summed E-state index contributed by atoms with van der Waals surface area (Å²) in [5.74, 6) is 1.27. The molecule has 1 saturated carbocycles. The van der Waals surface area contributed by atoms with E-state index in [0.29, 0.717) is 17.9 Å². The van der Waals surface area contributed by atoms with Gasteiger partial charge in [-0.1, -0.05) is 6.92 Å². The van der Waals surface area contributed by atoms with Gasteiger partial charge in [-0.2, -0.15) is 0 Å². The fraction of sp³-hybridized carbons (Fsp3) is 0.583. The van der Waals surface area contributed by atoms with Crippen LogP contribution in [0.1, 0.15) is 25.3 Å². The first kappa shape index (κ1) is 10.4. The lowest BCUT2D eigenvalue weighted by molar-refractivity contribution is 0.390. The first-order valence-corrected chi connectivity index (χ1v) is 5.62. The molecule has 0 spiro atoms. The molecule has 0 saturated heterocycles. The Morgan fingerprint density at radius 2 is 2.27 bits per heavy atom. The summed E-state index contributed by atoms with van der Waals surface area (Å²) in [6.07, 6.45) is 7.01. The van der Waals surface area contributed by atoms with Crippen LogP contribution >= 0.6 is 0 Å². The van der Waals surface area contributed by atoms with Gasteiger partial charge in [0, 0.05) is 24.1 Å². The number of anilines is 1. The van der Waals surface area contributed by atoms with Gasteiger partial charge >= 0.3 is 0 Å². The second-order valence-electron chi connectivity index (χ2n) is 4.64. The zero-order valence-electron chi connectivity index (χ0n) is 9.19. The Hall–Kier alpha value is -1.09. The molecule has 0 radical (unpaired) electrons. The van der Waals surface area contributed by atoms with Gasteiger partial charge in [0.1, 0.15) is 0 Å². The quantitative estimate of drug-likeness (QED) is 0.770. The Bertz CT molecular complexity index is 337. The van der Waals surface area contributed by atoms with Crippen molar-refractivity contribution in [3.8, 4) is 0 Å². The lowest BCUT2D eigenvalue weighted by Crippen LogP contribution is -2.25. The minimum Gasteiger partial charge on any atom is -0.398 e. The van der Waals surface area contributed by atoms with Gasteiger partial charge in [0.25, 0.3) is 0 Å². The number of aromatic nitrogens is 1. The molecule has 3 atom stereocenters. The van der Waals surface area contributed by atoms with Crippen LogP contribution in [0.25, 0.3) is 0 Å². The Morgan fingerprint density at radius 3 is 2.87 bits per heavy atom. The van der Waals surface area contributed by atoms with Crippen molar-refractivity contribution in [2.45, 2.75) is 32.2 Å². The highest BCUT2D eigenvalue weighted by atomic mass is 14.7. The van der Waals surface area contributed by atoms with E-state index in [0.717, 1.165) is 18.5 Å². The summed E-state index contributed by atoms with van der Waals surface area (Å²) < 4.78 is 0. The third kappa shape index (κ3) is 2.12. The van der Waals surface area contributed by atoms with E-state index in [1.54, 1.807) is 6.20 Å². The molecule has 1 aliphatic carbocycles. The highest BCUT2D eigenvalue weighted by Crippen LogP contribution is 2.33. The molecule has 3 heteroatoms. The maximum Gasteiger partial charge on any atom is 0.0377 e. The van der Waals surface area contributed by atoms with Gasteiger partial charge in [-0.05, 0) is 42.7 Å². The molecule has 1 fully saturated rings. The summed E-state index contributed by atoms with van der Waals surface area (Å²) in [5, 5.41) is 0. The summed E-state index contributed by atoms with van der Waals surface area (Å²) in [5.41, 5.74) is 13.9. The Morgan fingerprint density at radius 1 is 1.47 bits per heavy atom. The Labute approximate surface area is 90.9 Å². The summed E-state index contributed by atoms with van der Waals surface area (Å²) in [4.78, 5) is 4.12. The van der Waals surface area contributed by atoms with Gasteiger partial charge in [0.2, 0.25) is 0 Å². The van der Waals surface area contributed by atoms with E-state index in [4.69, 9.17) is 11.5 Å². The van der Waals surface area contributed by atoms with Gasteiger partial charge in [0.15, 0.2) is 0 Å². The van der Waals surface area contributed by atoms with E-state index in [1.165, 1.54) is 12.0 Å². The third-order valence-electron chi connectivity index (χ3n) is 3.71. The van der Waals surface area contributed by atoms with E-state index in [-0.39, 0.29) is 0 Å². The highest BCUT2D eigenvalue weighted by molar-refractivity contribution is 5.44. The second-order valence-corrected chi connectivity index (χ2v) is 4.64. The van der Waals surface area contributed by atoms with Crippen molar-refractivity contribution in [2.75, 3.05) is 5.73 Å². The minimum atomic E-state index is 0.368. The molecule has 1 heterocycles. The van der Waals surface area contributed by atoms with E-state index in [9.17, 15) is 0 Å². The largest absolute Gasteiger partial charge is 0.398 e. The van der Waals surface area contributed by atoms with E-state index in [1.807, 2.05) is 12.3 Å². The summed E-state index contributed by atoms with van der Waals surface area (Å²) in [6.45, 7) is 2.24. The Kier molecular flexibility index (Phi) is 2.91. The molecule has 3 nitrogen and oxygen atoms in total. The average molecular weight is 205 g/mol. The van der Waals surface area contributed by atoms with Crippen LogP contribution in [0.15, 0.2) is 18.5 Å². The zero-order valence-corrected chi connectivity index (χ0v) is 9.19. The zero-order chi connectivity index (χ0) is 10.8. The molecule has 1 aliphatic rings. The number of hydrogen-bond acceptors (Lipinski definition) is 3. The van der Waals surface area contributed by atoms with Gasteiger partial charge in [-0.3, -0.25) is 4.98 Å². The molecule has 1 aromatic rings. The van der Waals surface area contributed by atoms with Crippen molar-refractivity contribution in [1.82, 2.24) is 4.98 Å². The van der Waals surface area contributed by atoms with Crippen LogP contribution in [0.4, 0.5) is 5.69 Å². The van der Waals surface area contributed by atoms with Crippen molar-refractivity contribution in [2.24, 2.45) is 17.6 Å². The fourth-order valence-corrected chi connectivity index (χ4v) is 2.46. The van der Waals surface area contributed by atoms with Crippen LogP contribution in [0.5, 0.6) is 0 Å². The van der Waals surface area contributed by atoms with Crippen LogP contribution in [0, 0.1) is 11.8 Å². The summed E-state index contributed by atoms with van der Waals surface area (Å²) in [7, 11) is 0. The molecule has 3 unspecified atom stereocenters. The molecule has 1 aromatic heterocycles. The number of nitrogens with two attached hydrogens (primary N) is 2. The maximum absolute atomic E-state index is 6.01. The third-order valence-corrected chi connectivity index (χ3v) is 3.71. The van der Waals surface area contributed by atoms with Crippen LogP contribution in [0.2, 0.25) is 0 Å². The van der Waals surface area contributed by atoms with Crippen LogP contribution in [0.3, 0.4) is 0 Å². The number of nitrogens with zero attached hydrogens (tertiary/aromatic N) is 1. The topological polar surface area (TPSA) is 64.9 Å². The van der Waals surface area contributed by atoms with Crippen LogP contribution in [-0.2, 0) is 6.42 Å². The van der Waals surface area contributed by atoms with E-state index >= 15 is 0 Å². The van der Waals surface area contributed by atoms with Crippen molar-refractivity contribution >= 4 is 5.69 Å². The molecule has 4 N–H and O–H groups in total. The van der Waals surface area contributed by atoms with Crippen LogP contribution < -0.4 is 11.5 Å².